The van der Waals surface area contributed by atoms with E-state index < -0.39 is 0 Å². The molecule has 3 heteroatoms. The highest BCUT2D eigenvalue weighted by molar-refractivity contribution is 4.80. The average molecular weight is 214 g/mol. The Morgan fingerprint density at radius 1 is 1.40 bits per heavy atom. The Morgan fingerprint density at radius 2 is 1.93 bits per heavy atom. The van der Waals surface area contributed by atoms with Gasteiger partial charge in [-0.25, -0.2) is 0 Å². The summed E-state index contributed by atoms with van der Waals surface area (Å²) in [7, 11) is 0. The van der Waals surface area contributed by atoms with Crippen LogP contribution < -0.4 is 5.73 Å². The summed E-state index contributed by atoms with van der Waals surface area (Å²) in [6.45, 7) is 10.4. The molecule has 0 radical (unpaired) electrons. The number of likely N-dealkylation sites (tertiary alicyclic amines) is 1. The van der Waals surface area contributed by atoms with Crippen LogP contribution in [0.25, 0.3) is 0 Å². The first-order valence-electron chi connectivity index (χ1n) is 6.05. The molecule has 1 aliphatic heterocycles. The van der Waals surface area contributed by atoms with Gasteiger partial charge in [0.15, 0.2) is 0 Å². The lowest BCUT2D eigenvalue weighted by molar-refractivity contribution is 0.0592. The van der Waals surface area contributed by atoms with Crippen molar-refractivity contribution in [2.24, 2.45) is 17.1 Å². The van der Waals surface area contributed by atoms with Gasteiger partial charge in [0.2, 0.25) is 0 Å². The predicted octanol–water partition coefficient (Wildman–Crippen LogP) is 1.06. The van der Waals surface area contributed by atoms with Crippen molar-refractivity contribution in [1.29, 1.82) is 0 Å². The van der Waals surface area contributed by atoms with E-state index in [0.717, 1.165) is 39.0 Å². The molecule has 0 aromatic rings. The third kappa shape index (κ3) is 4.09. The van der Waals surface area contributed by atoms with Gasteiger partial charge in [0.1, 0.15) is 0 Å². The molecule has 1 atom stereocenters. The summed E-state index contributed by atoms with van der Waals surface area (Å²) in [5.41, 5.74) is 5.95. The van der Waals surface area contributed by atoms with Crippen LogP contribution >= 0.6 is 0 Å². The molecule has 15 heavy (non-hydrogen) atoms. The number of piperidine rings is 1. The van der Waals surface area contributed by atoms with Crippen LogP contribution in [0.2, 0.25) is 0 Å². The zero-order valence-corrected chi connectivity index (χ0v) is 10.4. The van der Waals surface area contributed by atoms with Crippen molar-refractivity contribution in [3.63, 3.8) is 0 Å². The van der Waals surface area contributed by atoms with E-state index in [4.69, 9.17) is 5.73 Å². The van der Waals surface area contributed by atoms with Crippen LogP contribution in [0.4, 0.5) is 0 Å². The zero-order valence-electron chi connectivity index (χ0n) is 10.4. The average Bonchev–Trinajstić information content (AvgIpc) is 2.18. The van der Waals surface area contributed by atoms with Gasteiger partial charge in [-0.1, -0.05) is 13.8 Å². The molecule has 1 heterocycles. The second kappa shape index (κ2) is 5.28. The highest BCUT2D eigenvalue weighted by Gasteiger charge is 2.26. The van der Waals surface area contributed by atoms with E-state index in [1.165, 1.54) is 0 Å². The second-order valence-corrected chi connectivity index (χ2v) is 5.72. The van der Waals surface area contributed by atoms with Crippen LogP contribution in [0.3, 0.4) is 0 Å². The third-order valence-electron chi connectivity index (χ3n) is 3.52. The molecule has 0 spiro atoms. The van der Waals surface area contributed by atoms with Crippen LogP contribution in [0.5, 0.6) is 0 Å². The van der Waals surface area contributed by atoms with Gasteiger partial charge < -0.3 is 15.7 Å². The summed E-state index contributed by atoms with van der Waals surface area (Å²) in [6.07, 6.45) is 2.10. The number of aliphatic hydroxyl groups excluding tert-OH is 1. The van der Waals surface area contributed by atoms with Crippen molar-refractivity contribution >= 4 is 0 Å². The second-order valence-electron chi connectivity index (χ2n) is 5.72. The molecule has 0 amide bonds. The normalized spacial score (nSPS) is 23.0. The smallest absolute Gasteiger partial charge is 0.0541 e. The SMILES string of the molecule is CC(O)C1CCN(CC(C)(C)CN)CC1. The van der Waals surface area contributed by atoms with Crippen molar-refractivity contribution in [2.45, 2.75) is 39.7 Å². The van der Waals surface area contributed by atoms with E-state index >= 15 is 0 Å². The van der Waals surface area contributed by atoms with Crippen molar-refractivity contribution in [2.75, 3.05) is 26.2 Å². The Morgan fingerprint density at radius 3 is 2.33 bits per heavy atom. The van der Waals surface area contributed by atoms with Gasteiger partial charge in [-0.05, 0) is 50.7 Å². The summed E-state index contributed by atoms with van der Waals surface area (Å²) >= 11 is 0. The molecule has 1 rings (SSSR count). The van der Waals surface area contributed by atoms with Gasteiger partial charge >= 0.3 is 0 Å². The first-order valence-corrected chi connectivity index (χ1v) is 6.05. The lowest BCUT2D eigenvalue weighted by Gasteiger charge is -2.37. The van der Waals surface area contributed by atoms with Gasteiger partial charge in [-0.2, -0.15) is 0 Å². The first kappa shape index (κ1) is 12.9. The molecule has 3 N–H and O–H groups in total. The van der Waals surface area contributed by atoms with Crippen molar-refractivity contribution in [3.05, 3.63) is 0 Å². The molecule has 0 saturated carbocycles. The highest BCUT2D eigenvalue weighted by Crippen LogP contribution is 2.23. The molecule has 0 bridgehead atoms. The van der Waals surface area contributed by atoms with Gasteiger partial charge in [0.05, 0.1) is 6.10 Å². The van der Waals surface area contributed by atoms with Crippen LogP contribution in [-0.2, 0) is 0 Å². The number of nitrogens with zero attached hydrogens (tertiary/aromatic N) is 1. The van der Waals surface area contributed by atoms with Crippen LogP contribution in [-0.4, -0.2) is 42.3 Å². The van der Waals surface area contributed by atoms with E-state index in [0.29, 0.717) is 5.92 Å². The number of hydrogen-bond acceptors (Lipinski definition) is 3. The van der Waals surface area contributed by atoms with Crippen LogP contribution in [0.15, 0.2) is 0 Å². The molecule has 1 fully saturated rings. The van der Waals surface area contributed by atoms with E-state index in [1.54, 1.807) is 0 Å². The number of nitrogens with two attached hydrogens (primary N) is 1. The minimum Gasteiger partial charge on any atom is -0.393 e. The number of hydrogen-bond donors (Lipinski definition) is 2. The first-order chi connectivity index (χ1) is 6.94. The fraction of sp³-hybridized carbons (Fsp3) is 1.00. The summed E-state index contributed by atoms with van der Waals surface area (Å²) in [4.78, 5) is 2.48. The molecule has 0 aromatic heterocycles. The predicted molar refractivity (Wildman–Crippen MR) is 63.7 cm³/mol. The largest absolute Gasteiger partial charge is 0.393 e. The van der Waals surface area contributed by atoms with Gasteiger partial charge in [-0.15, -0.1) is 0 Å². The van der Waals surface area contributed by atoms with Crippen molar-refractivity contribution in [3.8, 4) is 0 Å². The fourth-order valence-corrected chi connectivity index (χ4v) is 2.26. The summed E-state index contributed by atoms with van der Waals surface area (Å²) in [6, 6.07) is 0. The summed E-state index contributed by atoms with van der Waals surface area (Å²) in [5, 5.41) is 9.50. The van der Waals surface area contributed by atoms with Crippen LogP contribution in [0.1, 0.15) is 33.6 Å². The van der Waals surface area contributed by atoms with Crippen molar-refractivity contribution < 1.29 is 5.11 Å². The number of rotatable bonds is 4. The summed E-state index contributed by atoms with van der Waals surface area (Å²) in [5.74, 6) is 0.502. The van der Waals surface area contributed by atoms with Gasteiger partial charge in [0, 0.05) is 6.54 Å². The van der Waals surface area contributed by atoms with E-state index in [-0.39, 0.29) is 11.5 Å². The lowest BCUT2D eigenvalue weighted by atomic mass is 9.88. The molecule has 1 unspecified atom stereocenters. The Balaban J connectivity index is 2.32. The monoisotopic (exact) mass is 214 g/mol. The molecule has 90 valence electrons. The molecule has 0 aliphatic carbocycles. The molecular weight excluding hydrogens is 188 g/mol. The van der Waals surface area contributed by atoms with Gasteiger partial charge in [-0.3, -0.25) is 0 Å². The molecule has 0 aromatic carbocycles. The Hall–Kier alpha value is -0.120. The Labute approximate surface area is 93.6 Å². The molecule has 3 nitrogen and oxygen atoms in total. The maximum atomic E-state index is 9.50. The number of aliphatic hydroxyl groups is 1. The van der Waals surface area contributed by atoms with E-state index in [2.05, 4.69) is 18.7 Å². The molecule has 1 aliphatic rings. The van der Waals surface area contributed by atoms with E-state index in [9.17, 15) is 5.11 Å². The van der Waals surface area contributed by atoms with Crippen LogP contribution in [0, 0.1) is 11.3 Å². The quantitative estimate of drug-likeness (QED) is 0.736. The highest BCUT2D eigenvalue weighted by atomic mass is 16.3. The maximum absolute atomic E-state index is 9.50. The zero-order chi connectivity index (χ0) is 11.5. The standard InChI is InChI=1S/C12H26N2O/c1-10(15)11-4-6-14(7-5-11)9-12(2,3)8-13/h10-11,15H,4-9,13H2,1-3H3. The lowest BCUT2D eigenvalue weighted by Crippen LogP contribution is -2.44. The van der Waals surface area contributed by atoms with Crippen molar-refractivity contribution in [1.82, 2.24) is 4.90 Å². The van der Waals surface area contributed by atoms with Gasteiger partial charge in [0.25, 0.3) is 0 Å². The topological polar surface area (TPSA) is 49.5 Å². The fourth-order valence-electron chi connectivity index (χ4n) is 2.26. The maximum Gasteiger partial charge on any atom is 0.0541 e. The van der Waals surface area contributed by atoms with E-state index in [1.807, 2.05) is 6.92 Å². The Bertz CT molecular complexity index is 184. The third-order valence-corrected chi connectivity index (χ3v) is 3.52. The summed E-state index contributed by atoms with van der Waals surface area (Å²) < 4.78 is 0. The molecular formula is C12H26N2O. The minimum atomic E-state index is -0.144. The minimum absolute atomic E-state index is 0.144. The Kier molecular flexibility index (Phi) is 4.56. The molecule has 1 saturated heterocycles.